The van der Waals surface area contributed by atoms with E-state index in [1.54, 1.807) is 0 Å². The highest BCUT2D eigenvalue weighted by Crippen LogP contribution is 2.17. The Balaban J connectivity index is 2.42. The number of amides is 2. The van der Waals surface area contributed by atoms with Gasteiger partial charge in [0.15, 0.2) is 0 Å². The maximum absolute atomic E-state index is 11.8. The maximum Gasteiger partial charge on any atom is 0.326 e. The molecule has 0 heterocycles. The average molecular weight is 256 g/mol. The van der Waals surface area contributed by atoms with Gasteiger partial charge in [0.2, 0.25) is 0 Å². The van der Waals surface area contributed by atoms with Crippen molar-refractivity contribution in [1.82, 2.24) is 10.6 Å². The van der Waals surface area contributed by atoms with Crippen molar-refractivity contribution < 1.29 is 14.7 Å². The minimum Gasteiger partial charge on any atom is -0.480 e. The van der Waals surface area contributed by atoms with Crippen LogP contribution in [-0.4, -0.2) is 29.2 Å². The second kappa shape index (κ2) is 7.24. The average Bonchev–Trinajstić information content (AvgIpc) is 2.36. The minimum atomic E-state index is -0.969. The van der Waals surface area contributed by atoms with E-state index in [2.05, 4.69) is 10.6 Å². The predicted molar refractivity (Wildman–Crippen MR) is 69.4 cm³/mol. The van der Waals surface area contributed by atoms with E-state index in [0.29, 0.717) is 0 Å². The first kappa shape index (κ1) is 14.8. The number of carboxylic acids is 1. The van der Waals surface area contributed by atoms with Gasteiger partial charge in [-0.2, -0.15) is 0 Å². The van der Waals surface area contributed by atoms with Crippen LogP contribution >= 0.6 is 0 Å². The standard InChI is InChI=1S/C13H24N2O3/c1-3-9(2)11(12(16)17)15-13(18)14-10-7-5-4-6-8-10/h9-11H,3-8H2,1-2H3,(H,16,17)(H2,14,15,18)/t9-,11+/m1/s1. The number of urea groups is 1. The normalized spacial score (nSPS) is 19.9. The van der Waals surface area contributed by atoms with Gasteiger partial charge in [0.05, 0.1) is 0 Å². The molecule has 0 aromatic heterocycles. The fourth-order valence-electron chi connectivity index (χ4n) is 2.30. The summed E-state index contributed by atoms with van der Waals surface area (Å²) in [5.41, 5.74) is 0. The van der Waals surface area contributed by atoms with Crippen LogP contribution in [0.25, 0.3) is 0 Å². The van der Waals surface area contributed by atoms with Crippen molar-refractivity contribution in [3.63, 3.8) is 0 Å². The van der Waals surface area contributed by atoms with Gasteiger partial charge in [-0.15, -0.1) is 0 Å². The summed E-state index contributed by atoms with van der Waals surface area (Å²) in [6.45, 7) is 3.75. The van der Waals surface area contributed by atoms with Gasteiger partial charge in [-0.1, -0.05) is 39.5 Å². The number of carbonyl (C=O) groups is 2. The molecule has 0 saturated heterocycles. The fraction of sp³-hybridized carbons (Fsp3) is 0.846. The number of hydrogen-bond donors (Lipinski definition) is 3. The van der Waals surface area contributed by atoms with Crippen molar-refractivity contribution in [1.29, 1.82) is 0 Å². The van der Waals surface area contributed by atoms with E-state index in [0.717, 1.165) is 32.1 Å². The second-order valence-electron chi connectivity index (χ2n) is 5.15. The topological polar surface area (TPSA) is 78.4 Å². The molecule has 1 fully saturated rings. The van der Waals surface area contributed by atoms with Gasteiger partial charge in [-0.25, -0.2) is 9.59 Å². The van der Waals surface area contributed by atoms with Crippen molar-refractivity contribution in [3.8, 4) is 0 Å². The van der Waals surface area contributed by atoms with E-state index >= 15 is 0 Å². The van der Waals surface area contributed by atoms with Crippen LogP contribution in [0.3, 0.4) is 0 Å². The molecule has 1 aliphatic carbocycles. The van der Waals surface area contributed by atoms with E-state index in [-0.39, 0.29) is 18.0 Å². The van der Waals surface area contributed by atoms with Gasteiger partial charge in [0.1, 0.15) is 6.04 Å². The van der Waals surface area contributed by atoms with Gasteiger partial charge in [-0.3, -0.25) is 0 Å². The first-order chi connectivity index (χ1) is 8.54. The molecule has 1 rings (SSSR count). The van der Waals surface area contributed by atoms with Crippen molar-refractivity contribution in [3.05, 3.63) is 0 Å². The summed E-state index contributed by atoms with van der Waals surface area (Å²) in [5.74, 6) is -1.04. The van der Waals surface area contributed by atoms with Crippen molar-refractivity contribution in [2.45, 2.75) is 64.5 Å². The summed E-state index contributed by atoms with van der Waals surface area (Å²) in [5, 5.41) is 14.5. The molecule has 0 bridgehead atoms. The van der Waals surface area contributed by atoms with Crippen molar-refractivity contribution in [2.24, 2.45) is 5.92 Å². The zero-order valence-corrected chi connectivity index (χ0v) is 11.2. The van der Waals surface area contributed by atoms with E-state index in [9.17, 15) is 9.59 Å². The Labute approximate surface area is 108 Å². The molecule has 5 heteroatoms. The SMILES string of the molecule is CC[C@@H](C)[C@H](NC(=O)NC1CCCCC1)C(=O)O. The first-order valence-electron chi connectivity index (χ1n) is 6.84. The maximum atomic E-state index is 11.8. The molecule has 1 aliphatic rings. The number of carboxylic acid groups (broad SMARTS) is 1. The van der Waals surface area contributed by atoms with E-state index < -0.39 is 12.0 Å². The van der Waals surface area contributed by atoms with E-state index in [4.69, 9.17) is 5.11 Å². The number of hydrogen-bond acceptors (Lipinski definition) is 2. The van der Waals surface area contributed by atoms with Crippen LogP contribution in [-0.2, 0) is 4.79 Å². The fourth-order valence-corrected chi connectivity index (χ4v) is 2.30. The third-order valence-corrected chi connectivity index (χ3v) is 3.71. The molecule has 3 N–H and O–H groups in total. The molecule has 0 radical (unpaired) electrons. The molecule has 2 atom stereocenters. The highest BCUT2D eigenvalue weighted by molar-refractivity contribution is 5.82. The Morgan fingerprint density at radius 2 is 1.89 bits per heavy atom. The number of carbonyl (C=O) groups excluding carboxylic acids is 1. The third kappa shape index (κ3) is 4.55. The minimum absolute atomic E-state index is 0.0698. The summed E-state index contributed by atoms with van der Waals surface area (Å²) in [4.78, 5) is 22.8. The van der Waals surface area contributed by atoms with Crippen LogP contribution in [0.15, 0.2) is 0 Å². The van der Waals surface area contributed by atoms with Crippen LogP contribution in [0.2, 0.25) is 0 Å². The molecule has 104 valence electrons. The quantitative estimate of drug-likeness (QED) is 0.705. The molecule has 1 saturated carbocycles. The van der Waals surface area contributed by atoms with E-state index in [1.165, 1.54) is 6.42 Å². The molecule has 2 amide bonds. The van der Waals surface area contributed by atoms with Crippen molar-refractivity contribution in [2.75, 3.05) is 0 Å². The van der Waals surface area contributed by atoms with Crippen LogP contribution in [0.5, 0.6) is 0 Å². The van der Waals surface area contributed by atoms with Crippen LogP contribution in [0.1, 0.15) is 52.4 Å². The first-order valence-corrected chi connectivity index (χ1v) is 6.84. The Hall–Kier alpha value is -1.26. The summed E-state index contributed by atoms with van der Waals surface area (Å²) >= 11 is 0. The van der Waals surface area contributed by atoms with Gasteiger partial charge in [0.25, 0.3) is 0 Å². The Bertz CT molecular complexity index is 288. The lowest BCUT2D eigenvalue weighted by Gasteiger charge is -2.25. The Morgan fingerprint density at radius 1 is 1.28 bits per heavy atom. The molecule has 0 aromatic carbocycles. The van der Waals surface area contributed by atoms with Crippen LogP contribution in [0, 0.1) is 5.92 Å². The highest BCUT2D eigenvalue weighted by atomic mass is 16.4. The summed E-state index contributed by atoms with van der Waals surface area (Å²) < 4.78 is 0. The number of rotatable bonds is 5. The summed E-state index contributed by atoms with van der Waals surface area (Å²) in [7, 11) is 0. The van der Waals surface area contributed by atoms with Crippen molar-refractivity contribution >= 4 is 12.0 Å². The Morgan fingerprint density at radius 3 is 2.39 bits per heavy atom. The van der Waals surface area contributed by atoms with Gasteiger partial charge in [-0.05, 0) is 18.8 Å². The lowest BCUT2D eigenvalue weighted by molar-refractivity contribution is -0.140. The molecular weight excluding hydrogens is 232 g/mol. The lowest BCUT2D eigenvalue weighted by Crippen LogP contribution is -2.51. The predicted octanol–water partition coefficient (Wildman–Crippen LogP) is 2.12. The number of aliphatic carboxylic acids is 1. The Kier molecular flexibility index (Phi) is 5.95. The zero-order chi connectivity index (χ0) is 13.5. The summed E-state index contributed by atoms with van der Waals surface area (Å²) in [6, 6.07) is -0.960. The molecular formula is C13H24N2O3. The zero-order valence-electron chi connectivity index (χ0n) is 11.2. The smallest absolute Gasteiger partial charge is 0.326 e. The second-order valence-corrected chi connectivity index (χ2v) is 5.15. The molecule has 18 heavy (non-hydrogen) atoms. The third-order valence-electron chi connectivity index (χ3n) is 3.71. The monoisotopic (exact) mass is 256 g/mol. The molecule has 0 spiro atoms. The van der Waals surface area contributed by atoms with Gasteiger partial charge < -0.3 is 15.7 Å². The molecule has 0 aromatic rings. The molecule has 5 nitrogen and oxygen atoms in total. The summed E-state index contributed by atoms with van der Waals surface area (Å²) in [6.07, 6.45) is 6.21. The molecule has 0 unspecified atom stereocenters. The van der Waals surface area contributed by atoms with Crippen LogP contribution < -0.4 is 10.6 Å². The largest absolute Gasteiger partial charge is 0.480 e. The molecule has 0 aliphatic heterocycles. The van der Waals surface area contributed by atoms with E-state index in [1.807, 2.05) is 13.8 Å². The van der Waals surface area contributed by atoms with Gasteiger partial charge >= 0.3 is 12.0 Å². The van der Waals surface area contributed by atoms with Gasteiger partial charge in [0, 0.05) is 6.04 Å². The lowest BCUT2D eigenvalue weighted by atomic mass is 9.95. The number of nitrogens with one attached hydrogen (secondary N) is 2. The highest BCUT2D eigenvalue weighted by Gasteiger charge is 2.26. The van der Waals surface area contributed by atoms with Crippen LogP contribution in [0.4, 0.5) is 4.79 Å².